The van der Waals surface area contributed by atoms with E-state index in [0.29, 0.717) is 30.8 Å². The Morgan fingerprint density at radius 2 is 1.67 bits per heavy atom. The van der Waals surface area contributed by atoms with Crippen molar-refractivity contribution in [3.63, 3.8) is 0 Å². The van der Waals surface area contributed by atoms with Crippen molar-refractivity contribution in [3.8, 4) is 0 Å². The molecule has 0 aliphatic carbocycles. The van der Waals surface area contributed by atoms with Crippen molar-refractivity contribution < 1.29 is 13.2 Å². The number of sulfonamides is 1. The molecule has 1 fully saturated rings. The van der Waals surface area contributed by atoms with Gasteiger partial charge in [0, 0.05) is 19.0 Å². The molecule has 1 N–H and O–H groups in total. The molecular weight excluding hydrogens is 396 g/mol. The van der Waals surface area contributed by atoms with Crippen molar-refractivity contribution in [2.24, 2.45) is 5.92 Å². The van der Waals surface area contributed by atoms with Gasteiger partial charge >= 0.3 is 0 Å². The first-order valence-corrected chi connectivity index (χ1v) is 12.1. The Labute approximate surface area is 180 Å². The molecule has 1 saturated heterocycles. The number of hydrogen-bond acceptors (Lipinski definition) is 3. The minimum absolute atomic E-state index is 0.0208. The Balaban J connectivity index is 1.61. The van der Waals surface area contributed by atoms with Crippen LogP contribution in [0.2, 0.25) is 0 Å². The lowest BCUT2D eigenvalue weighted by Crippen LogP contribution is -2.43. The lowest BCUT2D eigenvalue weighted by Gasteiger charge is -2.31. The lowest BCUT2D eigenvalue weighted by molar-refractivity contribution is -0.126. The maximum absolute atomic E-state index is 12.9. The molecule has 1 heterocycles. The fourth-order valence-electron chi connectivity index (χ4n) is 3.91. The van der Waals surface area contributed by atoms with Crippen molar-refractivity contribution in [1.82, 2.24) is 9.62 Å². The van der Waals surface area contributed by atoms with Crippen LogP contribution in [0.15, 0.2) is 47.4 Å². The number of amides is 1. The minimum Gasteiger partial charge on any atom is -0.349 e. The summed E-state index contributed by atoms with van der Waals surface area (Å²) in [5, 5.41) is 3.18. The maximum atomic E-state index is 12.9. The Bertz CT molecular complexity index is 992. The number of hydrogen-bond donors (Lipinski definition) is 1. The average Bonchev–Trinajstić information content (AvgIpc) is 2.74. The van der Waals surface area contributed by atoms with Crippen LogP contribution in [0.25, 0.3) is 0 Å². The van der Waals surface area contributed by atoms with Crippen LogP contribution in [-0.2, 0) is 14.8 Å². The third kappa shape index (κ3) is 4.93. The number of nitrogens with one attached hydrogen (secondary N) is 1. The predicted molar refractivity (Wildman–Crippen MR) is 120 cm³/mol. The Morgan fingerprint density at radius 1 is 1.03 bits per heavy atom. The van der Waals surface area contributed by atoms with E-state index in [9.17, 15) is 13.2 Å². The SMILES string of the molecule is CCC(NC(=O)C1CCN(S(=O)(=O)c2ccc(C)cc2)CC1)c1ccc(C)c(C)c1. The van der Waals surface area contributed by atoms with Gasteiger partial charge in [-0.1, -0.05) is 42.8 Å². The number of aryl methyl sites for hydroxylation is 3. The van der Waals surface area contributed by atoms with Crippen LogP contribution in [0.1, 0.15) is 54.5 Å². The summed E-state index contributed by atoms with van der Waals surface area (Å²) in [7, 11) is -3.51. The molecular formula is C24H32N2O3S. The summed E-state index contributed by atoms with van der Waals surface area (Å²) in [6.07, 6.45) is 1.90. The van der Waals surface area contributed by atoms with Crippen LogP contribution in [-0.4, -0.2) is 31.7 Å². The molecule has 1 aliphatic rings. The van der Waals surface area contributed by atoms with Gasteiger partial charge in [0.2, 0.25) is 15.9 Å². The van der Waals surface area contributed by atoms with Gasteiger partial charge in [-0.2, -0.15) is 4.31 Å². The van der Waals surface area contributed by atoms with E-state index in [0.717, 1.165) is 17.5 Å². The first-order valence-electron chi connectivity index (χ1n) is 10.7. The molecule has 0 bridgehead atoms. The monoisotopic (exact) mass is 428 g/mol. The van der Waals surface area contributed by atoms with E-state index in [1.54, 1.807) is 12.1 Å². The maximum Gasteiger partial charge on any atom is 0.243 e. The Kier molecular flexibility index (Phi) is 6.98. The van der Waals surface area contributed by atoms with E-state index < -0.39 is 10.0 Å². The van der Waals surface area contributed by atoms with Gasteiger partial charge in [0.25, 0.3) is 0 Å². The predicted octanol–water partition coefficient (Wildman–Crippen LogP) is 4.28. The molecule has 0 aromatic heterocycles. The molecule has 5 nitrogen and oxygen atoms in total. The van der Waals surface area contributed by atoms with Gasteiger partial charge in [0.15, 0.2) is 0 Å². The second-order valence-corrected chi connectivity index (χ2v) is 10.2. The second kappa shape index (κ2) is 9.31. The molecule has 6 heteroatoms. The summed E-state index contributed by atoms with van der Waals surface area (Å²) in [4.78, 5) is 13.2. The normalized spacial score (nSPS) is 16.9. The van der Waals surface area contributed by atoms with Crippen LogP contribution >= 0.6 is 0 Å². The van der Waals surface area contributed by atoms with Crippen molar-refractivity contribution in [3.05, 3.63) is 64.7 Å². The van der Waals surface area contributed by atoms with E-state index in [1.807, 2.05) is 19.1 Å². The average molecular weight is 429 g/mol. The highest BCUT2D eigenvalue weighted by Crippen LogP contribution is 2.26. The number of carbonyl (C=O) groups excluding carboxylic acids is 1. The molecule has 0 radical (unpaired) electrons. The molecule has 2 aromatic rings. The molecule has 0 saturated carbocycles. The zero-order valence-electron chi connectivity index (χ0n) is 18.3. The first-order chi connectivity index (χ1) is 14.2. The zero-order valence-corrected chi connectivity index (χ0v) is 19.1. The Morgan fingerprint density at radius 3 is 2.23 bits per heavy atom. The lowest BCUT2D eigenvalue weighted by atomic mass is 9.95. The standard InChI is InChI=1S/C24H32N2O3S/c1-5-23(21-9-8-18(3)19(4)16-21)25-24(27)20-12-14-26(15-13-20)30(28,29)22-10-6-17(2)7-11-22/h6-11,16,20,23H,5,12-15H2,1-4H3,(H,25,27). The second-order valence-electron chi connectivity index (χ2n) is 8.30. The molecule has 0 spiro atoms. The molecule has 162 valence electrons. The van der Waals surface area contributed by atoms with Gasteiger partial charge in [-0.05, 0) is 68.9 Å². The van der Waals surface area contributed by atoms with E-state index in [1.165, 1.54) is 15.4 Å². The summed E-state index contributed by atoms with van der Waals surface area (Å²) < 4.78 is 27.2. The quantitative estimate of drug-likeness (QED) is 0.747. The molecule has 1 aliphatic heterocycles. The van der Waals surface area contributed by atoms with Crippen LogP contribution in [0.3, 0.4) is 0 Å². The summed E-state index contributed by atoms with van der Waals surface area (Å²) in [5.74, 6) is -0.137. The van der Waals surface area contributed by atoms with Gasteiger partial charge in [-0.3, -0.25) is 4.79 Å². The highest BCUT2D eigenvalue weighted by atomic mass is 32.2. The van der Waals surface area contributed by atoms with E-state index >= 15 is 0 Å². The van der Waals surface area contributed by atoms with Gasteiger partial charge in [0.1, 0.15) is 0 Å². The number of nitrogens with zero attached hydrogens (tertiary/aromatic N) is 1. The van der Waals surface area contributed by atoms with Gasteiger partial charge in [-0.25, -0.2) is 8.42 Å². The van der Waals surface area contributed by atoms with E-state index in [2.05, 4.69) is 44.3 Å². The molecule has 1 amide bonds. The van der Waals surface area contributed by atoms with Crippen LogP contribution in [0.5, 0.6) is 0 Å². The van der Waals surface area contributed by atoms with E-state index in [4.69, 9.17) is 0 Å². The fourth-order valence-corrected chi connectivity index (χ4v) is 5.38. The van der Waals surface area contributed by atoms with Gasteiger partial charge < -0.3 is 5.32 Å². The largest absolute Gasteiger partial charge is 0.349 e. The summed E-state index contributed by atoms with van der Waals surface area (Å²) >= 11 is 0. The smallest absolute Gasteiger partial charge is 0.243 e. The molecule has 2 aromatic carbocycles. The number of rotatable bonds is 6. The molecule has 1 unspecified atom stereocenters. The highest BCUT2D eigenvalue weighted by Gasteiger charge is 2.32. The molecule has 30 heavy (non-hydrogen) atoms. The van der Waals surface area contributed by atoms with Crippen LogP contribution in [0, 0.1) is 26.7 Å². The van der Waals surface area contributed by atoms with Crippen LogP contribution < -0.4 is 5.32 Å². The molecule has 1 atom stereocenters. The van der Waals surface area contributed by atoms with Crippen LogP contribution in [0.4, 0.5) is 0 Å². The van der Waals surface area contributed by atoms with Crippen molar-refractivity contribution in [2.45, 2.75) is 57.9 Å². The van der Waals surface area contributed by atoms with Gasteiger partial charge in [-0.15, -0.1) is 0 Å². The third-order valence-electron chi connectivity index (χ3n) is 6.14. The van der Waals surface area contributed by atoms with E-state index in [-0.39, 0.29) is 17.9 Å². The van der Waals surface area contributed by atoms with Crippen molar-refractivity contribution in [2.75, 3.05) is 13.1 Å². The number of piperidine rings is 1. The van der Waals surface area contributed by atoms with Crippen molar-refractivity contribution in [1.29, 1.82) is 0 Å². The number of benzene rings is 2. The summed E-state index contributed by atoms with van der Waals surface area (Å²) in [6, 6.07) is 13.2. The summed E-state index contributed by atoms with van der Waals surface area (Å²) in [6.45, 7) is 8.90. The topological polar surface area (TPSA) is 66.5 Å². The fraction of sp³-hybridized carbons (Fsp3) is 0.458. The Hall–Kier alpha value is -2.18. The third-order valence-corrected chi connectivity index (χ3v) is 8.05. The first kappa shape index (κ1) is 22.5. The number of carbonyl (C=O) groups is 1. The summed E-state index contributed by atoms with van der Waals surface area (Å²) in [5.41, 5.74) is 4.60. The molecule has 3 rings (SSSR count). The van der Waals surface area contributed by atoms with Gasteiger partial charge in [0.05, 0.1) is 10.9 Å². The minimum atomic E-state index is -3.51. The zero-order chi connectivity index (χ0) is 21.9. The highest BCUT2D eigenvalue weighted by molar-refractivity contribution is 7.89. The van der Waals surface area contributed by atoms with Crippen molar-refractivity contribution >= 4 is 15.9 Å².